The van der Waals surface area contributed by atoms with Crippen LogP contribution in [-0.2, 0) is 4.79 Å². The highest BCUT2D eigenvalue weighted by atomic mass is 16.1. The van der Waals surface area contributed by atoms with Gasteiger partial charge in [-0.1, -0.05) is 0 Å². The Morgan fingerprint density at radius 3 is 2.42 bits per heavy atom. The molecule has 0 N–H and O–H groups in total. The van der Waals surface area contributed by atoms with Gasteiger partial charge < -0.3 is 9.69 Å². The van der Waals surface area contributed by atoms with Crippen LogP contribution in [0.5, 0.6) is 0 Å². The van der Waals surface area contributed by atoms with E-state index in [2.05, 4.69) is 18.7 Å². The Morgan fingerprint density at radius 1 is 1.42 bits per heavy atom. The zero-order chi connectivity index (χ0) is 8.97. The first-order valence-electron chi connectivity index (χ1n) is 4.91. The first-order chi connectivity index (χ1) is 5.74. The first-order valence-corrected chi connectivity index (χ1v) is 4.91. The molecular formula is C10H19NO. The second kappa shape index (κ2) is 4.61. The highest BCUT2D eigenvalue weighted by Crippen LogP contribution is 2.20. The molecule has 0 bridgehead atoms. The summed E-state index contributed by atoms with van der Waals surface area (Å²) < 4.78 is 0. The van der Waals surface area contributed by atoms with Crippen LogP contribution in [0.4, 0.5) is 0 Å². The average Bonchev–Trinajstić information content (AvgIpc) is 2.06. The molecule has 70 valence electrons. The summed E-state index contributed by atoms with van der Waals surface area (Å²) in [6.07, 6.45) is 4.25. The molecule has 1 aliphatic rings. The van der Waals surface area contributed by atoms with Crippen LogP contribution >= 0.6 is 0 Å². The van der Waals surface area contributed by atoms with Gasteiger partial charge in [-0.3, -0.25) is 0 Å². The van der Waals surface area contributed by atoms with Crippen LogP contribution in [-0.4, -0.2) is 30.3 Å². The second-order valence-corrected chi connectivity index (χ2v) is 3.98. The normalized spacial score (nSPS) is 21.6. The monoisotopic (exact) mass is 169 g/mol. The molecule has 0 aromatic heterocycles. The van der Waals surface area contributed by atoms with Gasteiger partial charge in [0.2, 0.25) is 0 Å². The smallest absolute Gasteiger partial charge is 0.120 e. The lowest BCUT2D eigenvalue weighted by Gasteiger charge is -2.33. The Morgan fingerprint density at radius 2 is 2.00 bits per heavy atom. The Hall–Kier alpha value is -0.370. The molecule has 0 aromatic rings. The third kappa shape index (κ3) is 2.59. The van der Waals surface area contributed by atoms with E-state index in [1.165, 1.54) is 25.9 Å². The van der Waals surface area contributed by atoms with E-state index in [0.717, 1.165) is 12.7 Å². The maximum Gasteiger partial charge on any atom is 0.120 e. The minimum absolute atomic E-state index is 0.664. The maximum atomic E-state index is 10.3. The summed E-state index contributed by atoms with van der Waals surface area (Å²) in [5, 5.41) is 0. The number of hydrogen-bond donors (Lipinski definition) is 0. The molecule has 0 aromatic carbocycles. The zero-order valence-electron chi connectivity index (χ0n) is 8.12. The quantitative estimate of drug-likeness (QED) is 0.599. The number of carbonyl (C=O) groups is 1. The van der Waals surface area contributed by atoms with Gasteiger partial charge >= 0.3 is 0 Å². The minimum Gasteiger partial charge on any atom is -0.303 e. The summed E-state index contributed by atoms with van der Waals surface area (Å²) in [6, 6.07) is 0.669. The fourth-order valence-corrected chi connectivity index (χ4v) is 1.84. The average molecular weight is 169 g/mol. The van der Waals surface area contributed by atoms with Crippen molar-refractivity contribution in [2.45, 2.75) is 39.2 Å². The molecule has 1 fully saturated rings. The van der Waals surface area contributed by atoms with Crippen molar-refractivity contribution in [2.24, 2.45) is 5.92 Å². The number of piperidine rings is 1. The molecular weight excluding hydrogens is 150 g/mol. The van der Waals surface area contributed by atoms with Gasteiger partial charge in [0.15, 0.2) is 0 Å². The lowest BCUT2D eigenvalue weighted by molar-refractivity contribution is -0.108. The van der Waals surface area contributed by atoms with Gasteiger partial charge in [-0.25, -0.2) is 0 Å². The van der Waals surface area contributed by atoms with Gasteiger partial charge in [-0.2, -0.15) is 0 Å². The molecule has 1 rings (SSSR count). The topological polar surface area (TPSA) is 20.3 Å². The SMILES string of the molecule is CC(C)N1CCC(CC=O)CC1. The molecule has 0 amide bonds. The van der Waals surface area contributed by atoms with Gasteiger partial charge in [0.05, 0.1) is 0 Å². The number of nitrogens with zero attached hydrogens (tertiary/aromatic N) is 1. The van der Waals surface area contributed by atoms with Crippen LogP contribution in [0.2, 0.25) is 0 Å². The highest BCUT2D eigenvalue weighted by molar-refractivity contribution is 5.49. The number of aldehydes is 1. The van der Waals surface area contributed by atoms with Crippen LogP contribution in [0, 0.1) is 5.92 Å². The Bertz CT molecular complexity index is 137. The third-order valence-corrected chi connectivity index (χ3v) is 2.81. The van der Waals surface area contributed by atoms with Crippen LogP contribution in [0.25, 0.3) is 0 Å². The summed E-state index contributed by atoms with van der Waals surface area (Å²) in [7, 11) is 0. The number of carbonyl (C=O) groups excluding carboxylic acids is 1. The second-order valence-electron chi connectivity index (χ2n) is 3.98. The molecule has 0 radical (unpaired) electrons. The van der Waals surface area contributed by atoms with Crippen molar-refractivity contribution in [3.05, 3.63) is 0 Å². The minimum atomic E-state index is 0.664. The molecule has 2 heteroatoms. The predicted octanol–water partition coefficient (Wildman–Crippen LogP) is 1.70. The zero-order valence-corrected chi connectivity index (χ0v) is 8.12. The van der Waals surface area contributed by atoms with E-state index in [-0.39, 0.29) is 0 Å². The lowest BCUT2D eigenvalue weighted by atomic mass is 9.93. The lowest BCUT2D eigenvalue weighted by Crippen LogP contribution is -2.38. The van der Waals surface area contributed by atoms with Crippen molar-refractivity contribution < 1.29 is 4.79 Å². The van der Waals surface area contributed by atoms with Gasteiger partial charge in [0.25, 0.3) is 0 Å². The summed E-state index contributed by atoms with van der Waals surface area (Å²) in [6.45, 7) is 6.83. The van der Waals surface area contributed by atoms with Crippen molar-refractivity contribution in [3.8, 4) is 0 Å². The summed E-state index contributed by atoms with van der Waals surface area (Å²) in [5.41, 5.74) is 0. The van der Waals surface area contributed by atoms with E-state index in [1.807, 2.05) is 0 Å². The van der Waals surface area contributed by atoms with E-state index in [1.54, 1.807) is 0 Å². The molecule has 12 heavy (non-hydrogen) atoms. The van der Waals surface area contributed by atoms with E-state index < -0.39 is 0 Å². The summed E-state index contributed by atoms with van der Waals surface area (Å²) >= 11 is 0. The first kappa shape index (κ1) is 9.72. The van der Waals surface area contributed by atoms with Crippen molar-refractivity contribution >= 4 is 6.29 Å². The third-order valence-electron chi connectivity index (χ3n) is 2.81. The molecule has 0 spiro atoms. The molecule has 0 aliphatic carbocycles. The maximum absolute atomic E-state index is 10.3. The highest BCUT2D eigenvalue weighted by Gasteiger charge is 2.19. The Labute approximate surface area is 74.9 Å². The largest absolute Gasteiger partial charge is 0.303 e. The molecule has 1 aliphatic heterocycles. The van der Waals surface area contributed by atoms with E-state index in [4.69, 9.17) is 0 Å². The molecule has 0 saturated carbocycles. The van der Waals surface area contributed by atoms with Crippen molar-refractivity contribution in [3.63, 3.8) is 0 Å². The Balaban J connectivity index is 2.24. The van der Waals surface area contributed by atoms with Crippen LogP contribution in [0.1, 0.15) is 33.1 Å². The van der Waals surface area contributed by atoms with Crippen molar-refractivity contribution in [1.82, 2.24) is 4.90 Å². The molecule has 2 nitrogen and oxygen atoms in total. The van der Waals surface area contributed by atoms with E-state index >= 15 is 0 Å². The van der Waals surface area contributed by atoms with Gasteiger partial charge in [-0.15, -0.1) is 0 Å². The number of likely N-dealkylation sites (tertiary alicyclic amines) is 1. The van der Waals surface area contributed by atoms with E-state index in [9.17, 15) is 4.79 Å². The molecule has 1 heterocycles. The fourth-order valence-electron chi connectivity index (χ4n) is 1.84. The van der Waals surface area contributed by atoms with Gasteiger partial charge in [-0.05, 0) is 45.7 Å². The van der Waals surface area contributed by atoms with Crippen molar-refractivity contribution in [1.29, 1.82) is 0 Å². The predicted molar refractivity (Wildman–Crippen MR) is 50.1 cm³/mol. The standard InChI is InChI=1S/C10H19NO/c1-9(2)11-6-3-10(4-7-11)5-8-12/h8-10H,3-7H2,1-2H3. The molecule has 0 unspecified atom stereocenters. The van der Waals surface area contributed by atoms with Gasteiger partial charge in [0.1, 0.15) is 6.29 Å². The fraction of sp³-hybridized carbons (Fsp3) is 0.900. The van der Waals surface area contributed by atoms with Gasteiger partial charge in [0, 0.05) is 12.5 Å². The van der Waals surface area contributed by atoms with Crippen LogP contribution in [0.15, 0.2) is 0 Å². The van der Waals surface area contributed by atoms with Crippen LogP contribution < -0.4 is 0 Å². The summed E-state index contributed by atoms with van der Waals surface area (Å²) in [5.74, 6) is 0.664. The van der Waals surface area contributed by atoms with Crippen molar-refractivity contribution in [2.75, 3.05) is 13.1 Å². The molecule has 0 atom stereocenters. The van der Waals surface area contributed by atoms with E-state index in [0.29, 0.717) is 12.0 Å². The Kier molecular flexibility index (Phi) is 3.73. The summed E-state index contributed by atoms with van der Waals surface area (Å²) in [4.78, 5) is 12.8. The van der Waals surface area contributed by atoms with Crippen LogP contribution in [0.3, 0.4) is 0 Å². The number of rotatable bonds is 3. The molecule has 1 saturated heterocycles. The number of hydrogen-bond acceptors (Lipinski definition) is 2.